The fraction of sp³-hybridized carbons (Fsp3) is 0.652. The fourth-order valence-corrected chi connectivity index (χ4v) is 4.98. The van der Waals surface area contributed by atoms with Crippen molar-refractivity contribution in [2.75, 3.05) is 20.2 Å². The van der Waals surface area contributed by atoms with Crippen LogP contribution in [0, 0.1) is 5.92 Å². The molecule has 0 heterocycles. The Balaban J connectivity index is 1.97. The molecule has 2 amide bonds. The Morgan fingerprint density at radius 3 is 2.57 bits per heavy atom. The molecule has 0 saturated heterocycles. The number of likely N-dealkylation sites (N-methyl/N-ethyl adjacent to an activating group) is 1. The number of ether oxygens (including phenoxy) is 1. The van der Waals surface area contributed by atoms with Gasteiger partial charge in [0.15, 0.2) is 0 Å². The van der Waals surface area contributed by atoms with Gasteiger partial charge in [-0.25, -0.2) is 4.79 Å². The molecule has 0 aliphatic heterocycles. The smallest absolute Gasteiger partial charge is 0.409 e. The molecule has 1 fully saturated rings. The number of amides is 2. The van der Waals surface area contributed by atoms with Crippen LogP contribution < -0.4 is 5.32 Å². The monoisotopic (exact) mass is 496 g/mol. The number of halogens is 1. The zero-order valence-electron chi connectivity index (χ0n) is 18.9. The molecule has 0 bridgehead atoms. The van der Waals surface area contributed by atoms with Crippen molar-refractivity contribution in [2.45, 2.75) is 70.3 Å². The topological polar surface area (TPSA) is 58.6 Å². The Kier molecular flexibility index (Phi) is 9.88. The van der Waals surface area contributed by atoms with E-state index in [0.29, 0.717) is 24.6 Å². The van der Waals surface area contributed by atoms with E-state index in [0.717, 1.165) is 16.9 Å². The van der Waals surface area contributed by atoms with Gasteiger partial charge in [-0.15, -0.1) is 0 Å². The first-order valence-electron chi connectivity index (χ1n) is 11.1. The summed E-state index contributed by atoms with van der Waals surface area (Å²) in [6.45, 7) is 7.73. The maximum atomic E-state index is 12.8. The molecule has 0 aromatic heterocycles. The van der Waals surface area contributed by atoms with Crippen LogP contribution in [0.3, 0.4) is 0 Å². The van der Waals surface area contributed by atoms with Crippen molar-refractivity contribution in [1.82, 2.24) is 10.2 Å². The Labute approximate surface area is 191 Å². The van der Waals surface area contributed by atoms with E-state index in [4.69, 9.17) is 4.74 Å². The predicted octanol–water partition coefficient (Wildman–Crippen LogP) is 5.92. The summed E-state index contributed by atoms with van der Waals surface area (Å²) in [6.07, 6.45) is 6.80. The standard InChI is InChI=1S/C23H37BrN2O3Si/c1-26(23(28)29-13-14-30(2,3)4)17-21(15-18-9-6-5-7-10-18)25-22(27)19-11-8-12-20(24)16-19/h8,11-12,16,18,21H,5-7,9-10,13-15,17H2,1-4H3,(H,25,27)/t21-/m0/s1. The molecule has 2 rings (SSSR count). The molecule has 0 spiro atoms. The summed E-state index contributed by atoms with van der Waals surface area (Å²) in [7, 11) is 0.519. The Morgan fingerprint density at radius 2 is 1.93 bits per heavy atom. The van der Waals surface area contributed by atoms with Crippen molar-refractivity contribution >= 4 is 36.0 Å². The van der Waals surface area contributed by atoms with E-state index in [1.807, 2.05) is 24.3 Å². The molecule has 0 radical (unpaired) electrons. The molecule has 1 aliphatic carbocycles. The van der Waals surface area contributed by atoms with Gasteiger partial charge in [0.1, 0.15) is 0 Å². The van der Waals surface area contributed by atoms with Gasteiger partial charge in [0, 0.05) is 37.7 Å². The number of carbonyl (C=O) groups is 2. The second-order valence-corrected chi connectivity index (χ2v) is 16.3. The normalized spacial score (nSPS) is 16.0. The highest BCUT2D eigenvalue weighted by Gasteiger charge is 2.24. The molecule has 5 nitrogen and oxygen atoms in total. The zero-order chi connectivity index (χ0) is 22.1. The van der Waals surface area contributed by atoms with E-state index in [2.05, 4.69) is 40.9 Å². The summed E-state index contributed by atoms with van der Waals surface area (Å²) in [6, 6.07) is 8.26. The van der Waals surface area contributed by atoms with Crippen LogP contribution >= 0.6 is 15.9 Å². The minimum atomic E-state index is -1.24. The first-order valence-corrected chi connectivity index (χ1v) is 15.6. The predicted molar refractivity (Wildman–Crippen MR) is 129 cm³/mol. The lowest BCUT2D eigenvalue weighted by molar-refractivity contribution is 0.0889. The van der Waals surface area contributed by atoms with Gasteiger partial charge in [0.25, 0.3) is 5.91 Å². The number of carbonyl (C=O) groups excluding carboxylic acids is 2. The van der Waals surface area contributed by atoms with Crippen molar-refractivity contribution < 1.29 is 14.3 Å². The number of hydrogen-bond donors (Lipinski definition) is 1. The molecule has 7 heteroatoms. The van der Waals surface area contributed by atoms with Crippen LogP contribution in [0.25, 0.3) is 0 Å². The van der Waals surface area contributed by atoms with Gasteiger partial charge in [-0.05, 0) is 36.6 Å². The molecule has 30 heavy (non-hydrogen) atoms. The molecular formula is C23H37BrN2O3Si. The van der Waals surface area contributed by atoms with Crippen molar-refractivity contribution in [3.8, 4) is 0 Å². The highest BCUT2D eigenvalue weighted by molar-refractivity contribution is 9.10. The summed E-state index contributed by atoms with van der Waals surface area (Å²) < 4.78 is 6.36. The molecule has 1 saturated carbocycles. The van der Waals surface area contributed by atoms with Gasteiger partial charge < -0.3 is 15.0 Å². The van der Waals surface area contributed by atoms with Crippen LogP contribution in [-0.4, -0.2) is 51.2 Å². The van der Waals surface area contributed by atoms with Gasteiger partial charge in [-0.2, -0.15) is 0 Å². The molecule has 1 aromatic carbocycles. The lowest BCUT2D eigenvalue weighted by Crippen LogP contribution is -2.45. The zero-order valence-corrected chi connectivity index (χ0v) is 21.5. The minimum absolute atomic E-state index is 0.0888. The second-order valence-electron chi connectivity index (χ2n) is 9.73. The van der Waals surface area contributed by atoms with E-state index < -0.39 is 8.07 Å². The summed E-state index contributed by atoms with van der Waals surface area (Å²) in [5.74, 6) is 0.500. The minimum Gasteiger partial charge on any atom is -0.450 e. The molecule has 1 aliphatic rings. The third-order valence-corrected chi connectivity index (χ3v) is 7.85. The maximum Gasteiger partial charge on any atom is 0.409 e. The summed E-state index contributed by atoms with van der Waals surface area (Å²) in [4.78, 5) is 26.9. The Hall–Kier alpha value is -1.34. The number of benzene rings is 1. The van der Waals surface area contributed by atoms with E-state index in [-0.39, 0.29) is 18.0 Å². The quantitative estimate of drug-likeness (QED) is 0.431. The number of nitrogens with zero attached hydrogens (tertiary/aromatic N) is 1. The largest absolute Gasteiger partial charge is 0.450 e. The number of nitrogens with one attached hydrogen (secondary N) is 1. The number of rotatable bonds is 9. The van der Waals surface area contributed by atoms with E-state index >= 15 is 0 Å². The first kappa shape index (κ1) is 24.9. The maximum absolute atomic E-state index is 12.8. The van der Waals surface area contributed by atoms with Crippen molar-refractivity contribution in [3.63, 3.8) is 0 Å². The average molecular weight is 498 g/mol. The molecule has 1 atom stereocenters. The van der Waals surface area contributed by atoms with Gasteiger partial charge in [-0.1, -0.05) is 73.7 Å². The van der Waals surface area contributed by atoms with Crippen LogP contribution in [0.4, 0.5) is 4.79 Å². The van der Waals surface area contributed by atoms with Gasteiger partial charge in [0.2, 0.25) is 0 Å². The summed E-state index contributed by atoms with van der Waals surface area (Å²) in [5.41, 5.74) is 0.624. The molecular weight excluding hydrogens is 460 g/mol. The summed E-state index contributed by atoms with van der Waals surface area (Å²) >= 11 is 3.43. The van der Waals surface area contributed by atoms with Crippen molar-refractivity contribution in [2.24, 2.45) is 5.92 Å². The van der Waals surface area contributed by atoms with Gasteiger partial charge in [-0.3, -0.25) is 4.79 Å². The van der Waals surface area contributed by atoms with Crippen molar-refractivity contribution in [1.29, 1.82) is 0 Å². The SMILES string of the molecule is CN(C[C@H](CC1CCCCC1)NC(=O)c1cccc(Br)c1)C(=O)OCC[Si](C)(C)C. The van der Waals surface area contributed by atoms with Crippen LogP contribution in [0.1, 0.15) is 48.9 Å². The van der Waals surface area contributed by atoms with Crippen LogP contribution in [0.15, 0.2) is 28.7 Å². The average Bonchev–Trinajstić information content (AvgIpc) is 2.67. The van der Waals surface area contributed by atoms with Crippen LogP contribution in [0.2, 0.25) is 25.7 Å². The molecule has 1 aromatic rings. The Bertz CT molecular complexity index is 702. The summed E-state index contributed by atoms with van der Waals surface area (Å²) in [5, 5.41) is 3.17. The van der Waals surface area contributed by atoms with Crippen LogP contribution in [0.5, 0.6) is 0 Å². The van der Waals surface area contributed by atoms with Gasteiger partial charge >= 0.3 is 6.09 Å². The highest BCUT2D eigenvalue weighted by Crippen LogP contribution is 2.27. The van der Waals surface area contributed by atoms with E-state index in [1.54, 1.807) is 11.9 Å². The Morgan fingerprint density at radius 1 is 1.23 bits per heavy atom. The third kappa shape index (κ3) is 9.21. The number of hydrogen-bond acceptors (Lipinski definition) is 3. The third-order valence-electron chi connectivity index (χ3n) is 5.65. The molecule has 0 unspecified atom stereocenters. The highest BCUT2D eigenvalue weighted by atomic mass is 79.9. The van der Waals surface area contributed by atoms with E-state index in [1.165, 1.54) is 32.1 Å². The van der Waals surface area contributed by atoms with Crippen LogP contribution in [-0.2, 0) is 4.74 Å². The fourth-order valence-electron chi connectivity index (χ4n) is 3.86. The lowest BCUT2D eigenvalue weighted by atomic mass is 9.84. The lowest BCUT2D eigenvalue weighted by Gasteiger charge is -2.30. The second kappa shape index (κ2) is 11.9. The van der Waals surface area contributed by atoms with Crippen molar-refractivity contribution in [3.05, 3.63) is 34.3 Å². The first-order chi connectivity index (χ1) is 14.1. The molecule has 1 N–H and O–H groups in total. The molecule has 168 valence electrons. The van der Waals surface area contributed by atoms with Gasteiger partial charge in [0.05, 0.1) is 6.61 Å². The van der Waals surface area contributed by atoms with E-state index in [9.17, 15) is 9.59 Å².